The van der Waals surface area contributed by atoms with Crippen LogP contribution in [-0.4, -0.2) is 40.5 Å². The van der Waals surface area contributed by atoms with Crippen LogP contribution >= 0.6 is 11.8 Å². The highest BCUT2D eigenvalue weighted by molar-refractivity contribution is 8.00. The monoisotopic (exact) mass is 265 g/mol. The molecule has 1 aromatic heterocycles. The summed E-state index contributed by atoms with van der Waals surface area (Å²) in [5.41, 5.74) is 2.43. The van der Waals surface area contributed by atoms with E-state index in [-0.39, 0.29) is 0 Å². The number of nitrogens with zero attached hydrogens (tertiary/aromatic N) is 2. The average molecular weight is 265 g/mol. The topological polar surface area (TPSA) is 28.2 Å². The van der Waals surface area contributed by atoms with Crippen LogP contribution in [0.2, 0.25) is 0 Å². The van der Waals surface area contributed by atoms with E-state index in [0.29, 0.717) is 0 Å². The summed E-state index contributed by atoms with van der Waals surface area (Å²) in [6.45, 7) is 8.86. The van der Waals surface area contributed by atoms with Gasteiger partial charge in [-0.25, -0.2) is 0 Å². The molecular weight excluding hydrogens is 242 g/mol. The molecule has 4 heteroatoms. The van der Waals surface area contributed by atoms with E-state index < -0.39 is 0 Å². The van der Waals surface area contributed by atoms with Gasteiger partial charge in [-0.2, -0.15) is 11.8 Å². The summed E-state index contributed by atoms with van der Waals surface area (Å²) >= 11 is 2.09. The zero-order valence-corrected chi connectivity index (χ0v) is 12.3. The molecule has 0 amide bonds. The molecule has 18 heavy (non-hydrogen) atoms. The van der Waals surface area contributed by atoms with Crippen molar-refractivity contribution >= 4 is 11.8 Å². The first-order valence-electron chi connectivity index (χ1n) is 6.63. The maximum absolute atomic E-state index is 4.55. The third-order valence-corrected chi connectivity index (χ3v) is 4.38. The zero-order valence-electron chi connectivity index (χ0n) is 11.5. The standard InChI is InChI=1S/C14H23N3S/c1-11-8-17(9-12(2)18-11)10-14-5-4-13(6-15-3)7-16-14/h4-5,7,11-12,15H,6,8-10H2,1-3H3. The lowest BCUT2D eigenvalue weighted by molar-refractivity contribution is 0.260. The molecule has 0 saturated carbocycles. The normalized spacial score (nSPS) is 25.3. The van der Waals surface area contributed by atoms with Crippen LogP contribution in [0.4, 0.5) is 0 Å². The van der Waals surface area contributed by atoms with E-state index in [1.54, 1.807) is 0 Å². The van der Waals surface area contributed by atoms with Crippen LogP contribution in [0.25, 0.3) is 0 Å². The summed E-state index contributed by atoms with van der Waals surface area (Å²) in [4.78, 5) is 7.07. The van der Waals surface area contributed by atoms with Crippen LogP contribution in [-0.2, 0) is 13.1 Å². The molecule has 2 rings (SSSR count). The third kappa shape index (κ3) is 3.97. The van der Waals surface area contributed by atoms with Crippen LogP contribution in [0.1, 0.15) is 25.1 Å². The van der Waals surface area contributed by atoms with Crippen LogP contribution in [0.3, 0.4) is 0 Å². The quantitative estimate of drug-likeness (QED) is 0.903. The number of pyridine rings is 1. The molecule has 1 aromatic rings. The number of hydrogen-bond donors (Lipinski definition) is 1. The van der Waals surface area contributed by atoms with Crippen LogP contribution in [0.15, 0.2) is 18.3 Å². The Labute approximate surface area is 114 Å². The number of thioether (sulfide) groups is 1. The SMILES string of the molecule is CNCc1ccc(CN2CC(C)SC(C)C2)nc1. The van der Waals surface area contributed by atoms with E-state index in [4.69, 9.17) is 0 Å². The minimum atomic E-state index is 0.734. The average Bonchev–Trinajstić information content (AvgIpc) is 2.31. The second-order valence-electron chi connectivity index (χ2n) is 5.14. The largest absolute Gasteiger partial charge is 0.316 e. The van der Waals surface area contributed by atoms with E-state index in [1.807, 2.05) is 13.2 Å². The van der Waals surface area contributed by atoms with E-state index in [1.165, 1.54) is 24.3 Å². The minimum absolute atomic E-state index is 0.734. The van der Waals surface area contributed by atoms with Crippen molar-refractivity contribution in [3.63, 3.8) is 0 Å². The molecule has 2 atom stereocenters. The second-order valence-corrected chi connectivity index (χ2v) is 7.02. The molecule has 0 aliphatic carbocycles. The molecule has 0 bridgehead atoms. The van der Waals surface area contributed by atoms with Gasteiger partial charge in [0.25, 0.3) is 0 Å². The lowest BCUT2D eigenvalue weighted by atomic mass is 10.2. The number of nitrogens with one attached hydrogen (secondary N) is 1. The Morgan fingerprint density at radius 3 is 2.61 bits per heavy atom. The Hall–Kier alpha value is -0.580. The first kappa shape index (κ1) is 13.8. The smallest absolute Gasteiger partial charge is 0.0544 e. The van der Waals surface area contributed by atoms with Gasteiger partial charge in [0.05, 0.1) is 5.69 Å². The maximum atomic E-state index is 4.55. The highest BCUT2D eigenvalue weighted by Gasteiger charge is 2.22. The lowest BCUT2D eigenvalue weighted by Gasteiger charge is -2.34. The molecule has 100 valence electrons. The summed E-state index contributed by atoms with van der Waals surface area (Å²) in [6, 6.07) is 4.33. The molecule has 1 aliphatic heterocycles. The second kappa shape index (κ2) is 6.55. The van der Waals surface area contributed by atoms with Crippen molar-refractivity contribution in [2.24, 2.45) is 0 Å². The molecule has 1 N–H and O–H groups in total. The van der Waals surface area contributed by atoms with Crippen molar-refractivity contribution in [2.75, 3.05) is 20.1 Å². The summed E-state index contributed by atoms with van der Waals surface area (Å²) in [5.74, 6) is 0. The molecule has 3 nitrogen and oxygen atoms in total. The molecule has 1 saturated heterocycles. The minimum Gasteiger partial charge on any atom is -0.316 e. The van der Waals surface area contributed by atoms with Crippen molar-refractivity contribution in [3.8, 4) is 0 Å². The number of rotatable bonds is 4. The first-order valence-corrected chi connectivity index (χ1v) is 7.58. The Kier molecular flexibility index (Phi) is 5.03. The van der Waals surface area contributed by atoms with Crippen molar-refractivity contribution in [1.82, 2.24) is 15.2 Å². The van der Waals surface area contributed by atoms with Gasteiger partial charge in [-0.05, 0) is 18.7 Å². The van der Waals surface area contributed by atoms with Gasteiger partial charge in [0.1, 0.15) is 0 Å². The fourth-order valence-electron chi connectivity index (χ4n) is 2.50. The van der Waals surface area contributed by atoms with E-state index in [0.717, 1.165) is 23.6 Å². The summed E-state index contributed by atoms with van der Waals surface area (Å²) in [7, 11) is 1.96. The van der Waals surface area contributed by atoms with Crippen LogP contribution in [0, 0.1) is 0 Å². The molecule has 2 heterocycles. The van der Waals surface area contributed by atoms with Gasteiger partial charge < -0.3 is 5.32 Å². The Morgan fingerprint density at radius 1 is 1.33 bits per heavy atom. The van der Waals surface area contributed by atoms with Crippen LogP contribution in [0.5, 0.6) is 0 Å². The molecule has 1 aliphatic rings. The maximum Gasteiger partial charge on any atom is 0.0544 e. The van der Waals surface area contributed by atoms with Gasteiger partial charge >= 0.3 is 0 Å². The lowest BCUT2D eigenvalue weighted by Crippen LogP contribution is -2.39. The predicted molar refractivity (Wildman–Crippen MR) is 78.8 cm³/mol. The highest BCUT2D eigenvalue weighted by Crippen LogP contribution is 2.25. The fourth-order valence-corrected chi connectivity index (χ4v) is 3.89. The van der Waals surface area contributed by atoms with Gasteiger partial charge in [-0.3, -0.25) is 9.88 Å². The summed E-state index contributed by atoms with van der Waals surface area (Å²) in [5, 5.41) is 4.61. The molecule has 1 fully saturated rings. The van der Waals surface area contributed by atoms with E-state index in [9.17, 15) is 0 Å². The van der Waals surface area contributed by atoms with Crippen molar-refractivity contribution in [2.45, 2.75) is 37.4 Å². The Balaban J connectivity index is 1.92. The van der Waals surface area contributed by atoms with Crippen LogP contribution < -0.4 is 5.32 Å². The van der Waals surface area contributed by atoms with Crippen molar-refractivity contribution < 1.29 is 0 Å². The molecule has 0 spiro atoms. The first-order chi connectivity index (χ1) is 8.67. The van der Waals surface area contributed by atoms with Gasteiger partial charge in [-0.1, -0.05) is 19.9 Å². The number of hydrogen-bond acceptors (Lipinski definition) is 4. The van der Waals surface area contributed by atoms with E-state index in [2.05, 4.69) is 52.9 Å². The van der Waals surface area contributed by atoms with E-state index >= 15 is 0 Å². The summed E-state index contributed by atoms with van der Waals surface area (Å²) in [6.07, 6.45) is 1.98. The molecular formula is C14H23N3S. The summed E-state index contributed by atoms with van der Waals surface area (Å²) < 4.78 is 0. The van der Waals surface area contributed by atoms with Gasteiger partial charge in [0, 0.05) is 42.9 Å². The zero-order chi connectivity index (χ0) is 13.0. The Morgan fingerprint density at radius 2 is 2.06 bits per heavy atom. The number of aromatic nitrogens is 1. The predicted octanol–water partition coefficient (Wildman–Crippen LogP) is 2.13. The van der Waals surface area contributed by atoms with Crippen molar-refractivity contribution in [3.05, 3.63) is 29.6 Å². The third-order valence-electron chi connectivity index (χ3n) is 3.15. The molecule has 0 radical (unpaired) electrons. The molecule has 0 aromatic carbocycles. The fraction of sp³-hybridized carbons (Fsp3) is 0.643. The van der Waals surface area contributed by atoms with Crippen molar-refractivity contribution in [1.29, 1.82) is 0 Å². The van der Waals surface area contributed by atoms with Gasteiger partial charge in [-0.15, -0.1) is 0 Å². The van der Waals surface area contributed by atoms with Gasteiger partial charge in [0.2, 0.25) is 0 Å². The van der Waals surface area contributed by atoms with Gasteiger partial charge in [0.15, 0.2) is 0 Å². The highest BCUT2D eigenvalue weighted by atomic mass is 32.2. The Bertz CT molecular complexity index is 356. The molecule has 2 unspecified atom stereocenters.